The van der Waals surface area contributed by atoms with Gasteiger partial charge >= 0.3 is 11.9 Å². The lowest BCUT2D eigenvalue weighted by Crippen LogP contribution is -2.44. The van der Waals surface area contributed by atoms with E-state index in [0.29, 0.717) is 19.4 Å². The molecule has 8 heteroatoms. The van der Waals surface area contributed by atoms with Gasteiger partial charge in [-0.25, -0.2) is 9.48 Å². The van der Waals surface area contributed by atoms with Gasteiger partial charge in [-0.2, -0.15) is 0 Å². The molecule has 0 unspecified atom stereocenters. The molecular formula is C9H12N4O4. The number of rotatable bonds is 3. The van der Waals surface area contributed by atoms with Crippen molar-refractivity contribution in [2.75, 3.05) is 6.54 Å². The normalized spacial score (nSPS) is 24.5. The maximum Gasteiger partial charge on any atom is 0.358 e. The third-order valence-electron chi connectivity index (χ3n) is 2.79. The van der Waals surface area contributed by atoms with Gasteiger partial charge in [-0.05, 0) is 12.8 Å². The Morgan fingerprint density at radius 3 is 2.65 bits per heavy atom. The topological polar surface area (TPSA) is 117 Å². The summed E-state index contributed by atoms with van der Waals surface area (Å²) in [6.07, 6.45) is 2.48. The zero-order valence-electron chi connectivity index (χ0n) is 8.91. The molecule has 2 heterocycles. The Labute approximate surface area is 96.2 Å². The van der Waals surface area contributed by atoms with Crippen LogP contribution in [0.25, 0.3) is 0 Å². The Balaban J connectivity index is 2.00. The van der Waals surface area contributed by atoms with Crippen LogP contribution in [0.4, 0.5) is 0 Å². The van der Waals surface area contributed by atoms with Gasteiger partial charge in [-0.1, -0.05) is 5.21 Å². The fraction of sp³-hybridized carbons (Fsp3) is 0.556. The predicted molar refractivity (Wildman–Crippen MR) is 54.7 cm³/mol. The lowest BCUT2D eigenvalue weighted by molar-refractivity contribution is -0.140. The van der Waals surface area contributed by atoms with E-state index in [9.17, 15) is 9.59 Å². The minimum absolute atomic E-state index is 0.0498. The van der Waals surface area contributed by atoms with E-state index in [4.69, 9.17) is 10.2 Å². The van der Waals surface area contributed by atoms with E-state index in [-0.39, 0.29) is 11.7 Å². The Bertz CT molecular complexity index is 436. The third kappa shape index (κ3) is 2.41. The molecule has 1 saturated heterocycles. The summed E-state index contributed by atoms with van der Waals surface area (Å²) in [5, 5.41) is 27.6. The van der Waals surface area contributed by atoms with Crippen LogP contribution in [0.15, 0.2) is 6.20 Å². The van der Waals surface area contributed by atoms with Crippen LogP contribution in [0.2, 0.25) is 0 Å². The highest BCUT2D eigenvalue weighted by molar-refractivity contribution is 5.84. The van der Waals surface area contributed by atoms with E-state index in [1.807, 2.05) is 0 Å². The Morgan fingerprint density at radius 1 is 1.41 bits per heavy atom. The van der Waals surface area contributed by atoms with Crippen LogP contribution in [0.5, 0.6) is 0 Å². The van der Waals surface area contributed by atoms with Crippen LogP contribution in [-0.2, 0) is 4.79 Å². The van der Waals surface area contributed by atoms with E-state index in [2.05, 4.69) is 15.6 Å². The molecule has 1 aromatic rings. The highest BCUT2D eigenvalue weighted by Gasteiger charge is 2.27. The van der Waals surface area contributed by atoms with Crippen LogP contribution < -0.4 is 5.32 Å². The van der Waals surface area contributed by atoms with Crippen molar-refractivity contribution in [2.45, 2.75) is 24.9 Å². The molecule has 2 atom stereocenters. The summed E-state index contributed by atoms with van der Waals surface area (Å²) in [6, 6.07) is -0.583. The van der Waals surface area contributed by atoms with Crippen molar-refractivity contribution in [1.29, 1.82) is 0 Å². The molecule has 1 fully saturated rings. The van der Waals surface area contributed by atoms with Crippen molar-refractivity contribution >= 4 is 11.9 Å². The smallest absolute Gasteiger partial charge is 0.358 e. The molecule has 0 amide bonds. The molecule has 1 aliphatic heterocycles. The number of piperidine rings is 1. The number of carbonyl (C=O) groups is 2. The standard InChI is InChI=1S/C9H12N4O4/c14-8(15)6-2-1-5(3-10-6)13-4-7(9(16)17)11-12-13/h4-6,10H,1-3H2,(H,14,15)(H,16,17)/t5-,6+/m1/s1. The lowest BCUT2D eigenvalue weighted by atomic mass is 10.0. The van der Waals surface area contributed by atoms with Crippen LogP contribution in [-0.4, -0.2) is 49.7 Å². The molecule has 0 aliphatic carbocycles. The van der Waals surface area contributed by atoms with E-state index in [0.717, 1.165) is 0 Å². The second-order valence-corrected chi connectivity index (χ2v) is 3.92. The third-order valence-corrected chi connectivity index (χ3v) is 2.79. The summed E-state index contributed by atoms with van der Waals surface area (Å²) in [5.41, 5.74) is -0.106. The summed E-state index contributed by atoms with van der Waals surface area (Å²) < 4.78 is 1.47. The molecule has 1 aromatic heterocycles. The first-order chi connectivity index (χ1) is 8.08. The number of hydrogen-bond acceptors (Lipinski definition) is 5. The zero-order valence-corrected chi connectivity index (χ0v) is 8.91. The van der Waals surface area contributed by atoms with Gasteiger partial charge in [0, 0.05) is 6.54 Å². The molecule has 1 aliphatic rings. The van der Waals surface area contributed by atoms with Crippen LogP contribution in [0.3, 0.4) is 0 Å². The Morgan fingerprint density at radius 2 is 2.18 bits per heavy atom. The van der Waals surface area contributed by atoms with Gasteiger partial charge in [0.2, 0.25) is 0 Å². The maximum absolute atomic E-state index is 10.7. The summed E-state index contributed by atoms with van der Waals surface area (Å²) in [5.74, 6) is -1.99. The van der Waals surface area contributed by atoms with Crippen molar-refractivity contribution in [3.63, 3.8) is 0 Å². The SMILES string of the molecule is O=C(O)c1cn([C@@H]2CC[C@@H](C(=O)O)NC2)nn1. The molecule has 2 rings (SSSR count). The fourth-order valence-electron chi connectivity index (χ4n) is 1.83. The number of aromatic carboxylic acids is 1. The van der Waals surface area contributed by atoms with Crippen molar-refractivity contribution in [3.05, 3.63) is 11.9 Å². The summed E-state index contributed by atoms with van der Waals surface area (Å²) in [6.45, 7) is 0.444. The molecule has 92 valence electrons. The van der Waals surface area contributed by atoms with Crippen LogP contribution in [0, 0.1) is 0 Å². The molecular weight excluding hydrogens is 228 g/mol. The van der Waals surface area contributed by atoms with Gasteiger partial charge in [0.1, 0.15) is 6.04 Å². The number of carboxylic acid groups (broad SMARTS) is 2. The zero-order chi connectivity index (χ0) is 12.4. The average molecular weight is 240 g/mol. The maximum atomic E-state index is 10.7. The average Bonchev–Trinajstić information content (AvgIpc) is 2.78. The van der Waals surface area contributed by atoms with Crippen molar-refractivity contribution in [1.82, 2.24) is 20.3 Å². The van der Waals surface area contributed by atoms with Gasteiger partial charge in [0.05, 0.1) is 12.2 Å². The van der Waals surface area contributed by atoms with Gasteiger partial charge in [-0.3, -0.25) is 4.79 Å². The Kier molecular flexibility index (Phi) is 3.05. The number of hydrogen-bond donors (Lipinski definition) is 3. The molecule has 17 heavy (non-hydrogen) atoms. The predicted octanol–water partition coefficient (Wildman–Crippen LogP) is -0.646. The van der Waals surface area contributed by atoms with Crippen molar-refractivity contribution < 1.29 is 19.8 Å². The van der Waals surface area contributed by atoms with E-state index >= 15 is 0 Å². The van der Waals surface area contributed by atoms with Gasteiger partial charge in [-0.15, -0.1) is 5.10 Å². The van der Waals surface area contributed by atoms with E-state index < -0.39 is 18.0 Å². The molecule has 0 aromatic carbocycles. The number of carboxylic acids is 2. The molecule has 0 saturated carbocycles. The van der Waals surface area contributed by atoms with E-state index in [1.165, 1.54) is 10.9 Å². The second kappa shape index (κ2) is 4.50. The van der Waals surface area contributed by atoms with Gasteiger partial charge in [0.25, 0.3) is 0 Å². The van der Waals surface area contributed by atoms with Crippen molar-refractivity contribution in [2.24, 2.45) is 0 Å². The summed E-state index contributed by atoms with van der Waals surface area (Å²) in [4.78, 5) is 21.3. The lowest BCUT2D eigenvalue weighted by Gasteiger charge is -2.27. The second-order valence-electron chi connectivity index (χ2n) is 3.92. The summed E-state index contributed by atoms with van der Waals surface area (Å²) >= 11 is 0. The number of aromatic nitrogens is 3. The fourth-order valence-corrected chi connectivity index (χ4v) is 1.83. The van der Waals surface area contributed by atoms with Crippen LogP contribution >= 0.6 is 0 Å². The van der Waals surface area contributed by atoms with Gasteiger partial charge < -0.3 is 15.5 Å². The molecule has 3 N–H and O–H groups in total. The molecule has 8 nitrogen and oxygen atoms in total. The highest BCUT2D eigenvalue weighted by atomic mass is 16.4. The molecule has 0 radical (unpaired) electrons. The van der Waals surface area contributed by atoms with E-state index in [1.54, 1.807) is 0 Å². The monoisotopic (exact) mass is 240 g/mol. The largest absolute Gasteiger partial charge is 0.480 e. The van der Waals surface area contributed by atoms with Crippen molar-refractivity contribution in [3.8, 4) is 0 Å². The number of nitrogens with zero attached hydrogens (tertiary/aromatic N) is 3. The molecule has 0 spiro atoms. The first kappa shape index (κ1) is 11.5. The quantitative estimate of drug-likeness (QED) is 0.642. The number of nitrogens with one attached hydrogen (secondary N) is 1. The first-order valence-corrected chi connectivity index (χ1v) is 5.19. The number of aliphatic carboxylic acids is 1. The minimum atomic E-state index is -1.12. The first-order valence-electron chi connectivity index (χ1n) is 5.19. The molecule has 0 bridgehead atoms. The minimum Gasteiger partial charge on any atom is -0.480 e. The summed E-state index contributed by atoms with van der Waals surface area (Å²) in [7, 11) is 0. The van der Waals surface area contributed by atoms with Gasteiger partial charge in [0.15, 0.2) is 5.69 Å². The Hall–Kier alpha value is -1.96. The highest BCUT2D eigenvalue weighted by Crippen LogP contribution is 2.18. The van der Waals surface area contributed by atoms with Crippen LogP contribution in [0.1, 0.15) is 29.4 Å².